The second-order valence-corrected chi connectivity index (χ2v) is 5.76. The molecule has 2 heteroatoms. The summed E-state index contributed by atoms with van der Waals surface area (Å²) in [5.41, 5.74) is 1.44. The molecule has 0 aromatic heterocycles. The van der Waals surface area contributed by atoms with Gasteiger partial charge in [0, 0.05) is 13.1 Å². The average Bonchev–Trinajstić information content (AvgIpc) is 2.80. The van der Waals surface area contributed by atoms with Crippen molar-refractivity contribution >= 4 is 0 Å². The van der Waals surface area contributed by atoms with Gasteiger partial charge in [0.1, 0.15) is 0 Å². The number of unbranched alkanes of at least 4 members (excludes halogenated alkanes) is 2. The summed E-state index contributed by atoms with van der Waals surface area (Å²) in [4.78, 5) is 2.36. The van der Waals surface area contributed by atoms with Gasteiger partial charge in [-0.05, 0) is 37.3 Å². The Morgan fingerprint density at radius 3 is 2.58 bits per heavy atom. The minimum absolute atomic E-state index is 0.0888. The standard InChI is InChI=1S/C17H27NO/c1-2-18-13-16(17(19)14-18)12-8-4-7-11-15-9-5-3-6-10-15/h3,5-6,9-10,16-17,19H,2,4,7-8,11-14H2,1H3/t16-,17-/m1/s1. The molecule has 1 N–H and O–H groups in total. The molecule has 2 atom stereocenters. The number of benzene rings is 1. The normalized spacial score (nSPS) is 23.9. The highest BCUT2D eigenvalue weighted by molar-refractivity contribution is 5.14. The van der Waals surface area contributed by atoms with E-state index in [0.717, 1.165) is 19.6 Å². The molecule has 1 aliphatic heterocycles. The highest BCUT2D eigenvalue weighted by Gasteiger charge is 2.29. The van der Waals surface area contributed by atoms with Crippen LogP contribution in [0.25, 0.3) is 0 Å². The van der Waals surface area contributed by atoms with Gasteiger partial charge < -0.3 is 10.0 Å². The third-order valence-corrected chi connectivity index (χ3v) is 4.31. The van der Waals surface area contributed by atoms with Gasteiger partial charge in [0.05, 0.1) is 6.10 Å². The fourth-order valence-electron chi connectivity index (χ4n) is 3.04. The SMILES string of the molecule is CCN1C[C@@H](CCCCCc2ccccc2)[C@H](O)C1. The van der Waals surface area contributed by atoms with Crippen LogP contribution in [0.5, 0.6) is 0 Å². The summed E-state index contributed by atoms with van der Waals surface area (Å²) in [5.74, 6) is 0.511. The lowest BCUT2D eigenvalue weighted by atomic mass is 9.97. The summed E-state index contributed by atoms with van der Waals surface area (Å²) in [6.07, 6.45) is 6.09. The van der Waals surface area contributed by atoms with Gasteiger partial charge >= 0.3 is 0 Å². The fraction of sp³-hybridized carbons (Fsp3) is 0.647. The van der Waals surface area contributed by atoms with E-state index in [9.17, 15) is 5.11 Å². The van der Waals surface area contributed by atoms with Crippen LogP contribution >= 0.6 is 0 Å². The van der Waals surface area contributed by atoms with Gasteiger partial charge in [0.2, 0.25) is 0 Å². The van der Waals surface area contributed by atoms with Gasteiger partial charge in [-0.1, -0.05) is 50.1 Å². The van der Waals surface area contributed by atoms with Crippen molar-refractivity contribution < 1.29 is 5.11 Å². The molecule has 1 heterocycles. The molecule has 0 radical (unpaired) electrons. The van der Waals surface area contributed by atoms with Gasteiger partial charge in [-0.15, -0.1) is 0 Å². The lowest BCUT2D eigenvalue weighted by Crippen LogP contribution is -2.21. The Kier molecular flexibility index (Phi) is 5.87. The Hall–Kier alpha value is -0.860. The highest BCUT2D eigenvalue weighted by Crippen LogP contribution is 2.22. The molecule has 1 fully saturated rings. The summed E-state index contributed by atoms with van der Waals surface area (Å²) in [5, 5.41) is 9.98. The molecule has 0 amide bonds. The molecule has 0 spiro atoms. The van der Waals surface area contributed by atoms with Crippen LogP contribution in [-0.2, 0) is 6.42 Å². The van der Waals surface area contributed by atoms with E-state index in [2.05, 4.69) is 42.2 Å². The zero-order valence-corrected chi connectivity index (χ0v) is 12.1. The largest absolute Gasteiger partial charge is 0.391 e. The lowest BCUT2D eigenvalue weighted by molar-refractivity contribution is 0.136. The van der Waals surface area contributed by atoms with Crippen LogP contribution in [0.3, 0.4) is 0 Å². The smallest absolute Gasteiger partial charge is 0.0707 e. The third kappa shape index (κ3) is 4.63. The average molecular weight is 261 g/mol. The van der Waals surface area contributed by atoms with Crippen molar-refractivity contribution in [3.63, 3.8) is 0 Å². The van der Waals surface area contributed by atoms with E-state index in [-0.39, 0.29) is 6.10 Å². The molecule has 1 aliphatic rings. The lowest BCUT2D eigenvalue weighted by Gasteiger charge is -2.13. The molecule has 19 heavy (non-hydrogen) atoms. The number of hydrogen-bond acceptors (Lipinski definition) is 2. The maximum atomic E-state index is 9.98. The summed E-state index contributed by atoms with van der Waals surface area (Å²) in [6.45, 7) is 5.22. The Labute approximate surface area is 117 Å². The number of aryl methyl sites for hydroxylation is 1. The maximum absolute atomic E-state index is 9.98. The van der Waals surface area contributed by atoms with E-state index in [1.165, 1.54) is 37.7 Å². The maximum Gasteiger partial charge on any atom is 0.0707 e. The number of nitrogens with zero attached hydrogens (tertiary/aromatic N) is 1. The Morgan fingerprint density at radius 2 is 1.89 bits per heavy atom. The van der Waals surface area contributed by atoms with Crippen LogP contribution in [0.2, 0.25) is 0 Å². The third-order valence-electron chi connectivity index (χ3n) is 4.31. The summed E-state index contributed by atoms with van der Waals surface area (Å²) in [7, 11) is 0. The monoisotopic (exact) mass is 261 g/mol. The van der Waals surface area contributed by atoms with Gasteiger partial charge in [-0.2, -0.15) is 0 Å². The van der Waals surface area contributed by atoms with Crippen molar-refractivity contribution in [1.82, 2.24) is 4.90 Å². The van der Waals surface area contributed by atoms with Crippen LogP contribution in [-0.4, -0.2) is 35.7 Å². The van der Waals surface area contributed by atoms with E-state index in [1.54, 1.807) is 0 Å². The first-order valence-corrected chi connectivity index (χ1v) is 7.74. The molecular formula is C17H27NO. The molecule has 0 saturated carbocycles. The van der Waals surface area contributed by atoms with E-state index in [1.807, 2.05) is 0 Å². The van der Waals surface area contributed by atoms with Crippen molar-refractivity contribution in [2.24, 2.45) is 5.92 Å². The van der Waals surface area contributed by atoms with Crippen molar-refractivity contribution in [2.75, 3.05) is 19.6 Å². The quantitative estimate of drug-likeness (QED) is 0.762. The van der Waals surface area contributed by atoms with Gasteiger partial charge in [0.15, 0.2) is 0 Å². The van der Waals surface area contributed by atoms with E-state index >= 15 is 0 Å². The molecule has 106 valence electrons. The molecule has 1 aromatic rings. The van der Waals surface area contributed by atoms with E-state index in [4.69, 9.17) is 0 Å². The summed E-state index contributed by atoms with van der Waals surface area (Å²) in [6, 6.07) is 10.7. The zero-order chi connectivity index (χ0) is 13.5. The minimum atomic E-state index is -0.0888. The van der Waals surface area contributed by atoms with Crippen LogP contribution in [0, 0.1) is 5.92 Å². The van der Waals surface area contributed by atoms with E-state index < -0.39 is 0 Å². The molecule has 1 aromatic carbocycles. The van der Waals surface area contributed by atoms with E-state index in [0.29, 0.717) is 5.92 Å². The molecule has 0 unspecified atom stereocenters. The van der Waals surface area contributed by atoms with Gasteiger partial charge in [0.25, 0.3) is 0 Å². The van der Waals surface area contributed by atoms with Crippen molar-refractivity contribution in [3.8, 4) is 0 Å². The number of β-amino-alcohol motifs (C(OH)–C–C–N with tert-alkyl or cyclic N) is 1. The first-order chi connectivity index (χ1) is 9.29. The topological polar surface area (TPSA) is 23.5 Å². The number of aliphatic hydroxyl groups is 1. The van der Waals surface area contributed by atoms with Crippen molar-refractivity contribution in [1.29, 1.82) is 0 Å². The molecule has 0 bridgehead atoms. The van der Waals surface area contributed by atoms with Gasteiger partial charge in [-0.3, -0.25) is 0 Å². The number of aliphatic hydroxyl groups excluding tert-OH is 1. The summed E-state index contributed by atoms with van der Waals surface area (Å²) >= 11 is 0. The summed E-state index contributed by atoms with van der Waals surface area (Å²) < 4.78 is 0. The van der Waals surface area contributed by atoms with Gasteiger partial charge in [-0.25, -0.2) is 0 Å². The first-order valence-electron chi connectivity index (χ1n) is 7.74. The molecule has 0 aliphatic carbocycles. The number of likely N-dealkylation sites (tertiary alicyclic amines) is 1. The fourth-order valence-corrected chi connectivity index (χ4v) is 3.04. The van der Waals surface area contributed by atoms with Crippen LogP contribution in [0.4, 0.5) is 0 Å². The highest BCUT2D eigenvalue weighted by atomic mass is 16.3. The minimum Gasteiger partial charge on any atom is -0.391 e. The van der Waals surface area contributed by atoms with Crippen LogP contribution in [0.15, 0.2) is 30.3 Å². The zero-order valence-electron chi connectivity index (χ0n) is 12.1. The second-order valence-electron chi connectivity index (χ2n) is 5.76. The number of likely N-dealkylation sites (N-methyl/N-ethyl adjacent to an activating group) is 1. The Morgan fingerprint density at radius 1 is 1.11 bits per heavy atom. The molecular weight excluding hydrogens is 234 g/mol. The van der Waals surface area contributed by atoms with Crippen molar-refractivity contribution in [3.05, 3.63) is 35.9 Å². The number of hydrogen-bond donors (Lipinski definition) is 1. The predicted octanol–water partition coefficient (Wildman–Crippen LogP) is 3.10. The van der Waals surface area contributed by atoms with Crippen molar-refractivity contribution in [2.45, 2.75) is 45.1 Å². The van der Waals surface area contributed by atoms with Crippen LogP contribution in [0.1, 0.15) is 38.2 Å². The first kappa shape index (κ1) is 14.5. The second kappa shape index (κ2) is 7.66. The Balaban J connectivity index is 1.57. The number of rotatable bonds is 7. The molecule has 1 saturated heterocycles. The Bertz CT molecular complexity index is 352. The van der Waals surface area contributed by atoms with Crippen LogP contribution < -0.4 is 0 Å². The predicted molar refractivity (Wildman–Crippen MR) is 80.2 cm³/mol. The molecule has 2 rings (SSSR count). The molecule has 2 nitrogen and oxygen atoms in total.